The number of nitrogens with zero attached hydrogens (tertiary/aromatic N) is 3. The highest BCUT2D eigenvalue weighted by atomic mass is 32.2. The monoisotopic (exact) mass is 469 g/mol. The van der Waals surface area contributed by atoms with Crippen LogP contribution < -0.4 is 15.8 Å². The first kappa shape index (κ1) is 22.7. The first-order chi connectivity index (χ1) is 14.3. The van der Waals surface area contributed by atoms with Crippen LogP contribution in [-0.2, 0) is 16.2 Å². The summed E-state index contributed by atoms with van der Waals surface area (Å²) >= 11 is 4.95. The van der Waals surface area contributed by atoms with Crippen LogP contribution in [0.2, 0.25) is 0 Å². The van der Waals surface area contributed by atoms with E-state index in [0.717, 1.165) is 10.7 Å². The minimum atomic E-state index is -4.67. The lowest BCUT2D eigenvalue weighted by molar-refractivity contribution is -0.141. The molecule has 164 valence electrons. The maximum Gasteiger partial charge on any atom is 0.435 e. The topological polar surface area (TPSA) is 107 Å². The van der Waals surface area contributed by atoms with Gasteiger partial charge in [0.15, 0.2) is 10.8 Å². The van der Waals surface area contributed by atoms with E-state index in [1.807, 2.05) is 0 Å². The molecule has 1 heterocycles. The second-order valence-corrected chi connectivity index (χ2v) is 8.74. The van der Waals surface area contributed by atoms with Gasteiger partial charge in [0, 0.05) is 18.3 Å². The Kier molecular flexibility index (Phi) is 5.82. The quantitative estimate of drug-likeness (QED) is 0.569. The van der Waals surface area contributed by atoms with E-state index < -0.39 is 21.9 Å². The van der Waals surface area contributed by atoms with Gasteiger partial charge < -0.3 is 10.6 Å². The van der Waals surface area contributed by atoms with Crippen molar-refractivity contribution in [2.24, 2.45) is 10.9 Å². The molecule has 0 atom stereocenters. The van der Waals surface area contributed by atoms with Gasteiger partial charge in [0.05, 0.1) is 16.3 Å². The minimum Gasteiger partial charge on any atom is -0.376 e. The molecular formula is C19H18F3N5O2S2. The molecule has 0 aliphatic carbocycles. The number of halogens is 3. The molecule has 0 aliphatic rings. The number of primary sulfonamides is 1. The standard InChI is InChI=1S/C19H18F3N5O2S2/c1-11-9-13(26(2)18(23)30)5-8-15(11)16-10-17(19(20,21)22)25-27(16)12-3-6-14(7-4-12)31(24,28)29/h3-10H,1-2H3,(H2,23,30)(H2,24,28,29). The van der Waals surface area contributed by atoms with Gasteiger partial charge in [0.1, 0.15) is 0 Å². The third-order valence-electron chi connectivity index (χ3n) is 4.61. The number of sulfonamides is 1. The van der Waals surface area contributed by atoms with Crippen molar-refractivity contribution >= 4 is 33.0 Å². The van der Waals surface area contributed by atoms with Gasteiger partial charge in [0.25, 0.3) is 0 Å². The summed E-state index contributed by atoms with van der Waals surface area (Å²) < 4.78 is 64.2. The van der Waals surface area contributed by atoms with E-state index in [9.17, 15) is 21.6 Å². The summed E-state index contributed by atoms with van der Waals surface area (Å²) in [6, 6.07) is 11.1. The Balaban J connectivity index is 2.17. The number of rotatable bonds is 4. The second-order valence-electron chi connectivity index (χ2n) is 6.76. The number of benzene rings is 2. The zero-order valence-corrected chi connectivity index (χ0v) is 18.0. The van der Waals surface area contributed by atoms with Gasteiger partial charge in [-0.05, 0) is 67.2 Å². The van der Waals surface area contributed by atoms with Crippen molar-refractivity contribution in [1.82, 2.24) is 9.78 Å². The summed E-state index contributed by atoms with van der Waals surface area (Å²) in [7, 11) is -2.27. The molecule has 0 unspecified atom stereocenters. The Bertz CT molecular complexity index is 1250. The predicted octanol–water partition coefficient (Wildman–Crippen LogP) is 3.19. The van der Waals surface area contributed by atoms with Crippen molar-refractivity contribution in [3.8, 4) is 16.9 Å². The van der Waals surface area contributed by atoms with Gasteiger partial charge in [0.2, 0.25) is 10.0 Å². The molecule has 3 rings (SSSR count). The average molecular weight is 470 g/mol. The summed E-state index contributed by atoms with van der Waals surface area (Å²) in [5.41, 5.74) is 6.80. The Labute approximate surface area is 182 Å². The molecule has 0 spiro atoms. The fourth-order valence-electron chi connectivity index (χ4n) is 2.96. The van der Waals surface area contributed by atoms with E-state index in [1.54, 1.807) is 37.1 Å². The lowest BCUT2D eigenvalue weighted by Crippen LogP contribution is -2.31. The molecule has 31 heavy (non-hydrogen) atoms. The molecule has 0 saturated carbocycles. The zero-order chi connectivity index (χ0) is 23.1. The van der Waals surface area contributed by atoms with Crippen LogP contribution in [-0.4, -0.2) is 30.4 Å². The summed E-state index contributed by atoms with van der Waals surface area (Å²) in [6.45, 7) is 1.74. The predicted molar refractivity (Wildman–Crippen MR) is 115 cm³/mol. The molecule has 4 N–H and O–H groups in total. The molecule has 2 aromatic carbocycles. The van der Waals surface area contributed by atoms with Crippen molar-refractivity contribution in [3.05, 3.63) is 59.8 Å². The molecule has 0 aliphatic heterocycles. The van der Waals surface area contributed by atoms with Crippen LogP contribution in [0.1, 0.15) is 11.3 Å². The molecule has 0 radical (unpaired) electrons. The second kappa shape index (κ2) is 7.94. The number of anilines is 1. The Morgan fingerprint density at radius 2 is 1.74 bits per heavy atom. The van der Waals surface area contributed by atoms with E-state index >= 15 is 0 Å². The van der Waals surface area contributed by atoms with Gasteiger partial charge in [-0.25, -0.2) is 18.2 Å². The number of hydrogen-bond donors (Lipinski definition) is 2. The van der Waals surface area contributed by atoms with Gasteiger partial charge in [-0.1, -0.05) is 6.07 Å². The number of aryl methyl sites for hydroxylation is 1. The summed E-state index contributed by atoms with van der Waals surface area (Å²) in [5.74, 6) is 0. The lowest BCUT2D eigenvalue weighted by atomic mass is 10.0. The van der Waals surface area contributed by atoms with Crippen molar-refractivity contribution in [2.75, 3.05) is 11.9 Å². The maximum absolute atomic E-state index is 13.4. The third kappa shape index (κ3) is 4.70. The number of hydrogen-bond acceptors (Lipinski definition) is 4. The maximum atomic E-state index is 13.4. The SMILES string of the molecule is Cc1cc(N(C)C(N)=S)ccc1-c1cc(C(F)(F)F)nn1-c1ccc(S(N)(=O)=O)cc1. The molecule has 1 aromatic heterocycles. The van der Waals surface area contributed by atoms with Crippen LogP contribution in [0.3, 0.4) is 0 Å². The van der Waals surface area contributed by atoms with Crippen molar-refractivity contribution in [1.29, 1.82) is 0 Å². The number of thiocarbonyl (C=S) groups is 1. The summed E-state index contributed by atoms with van der Waals surface area (Å²) in [4.78, 5) is 1.40. The Hall–Kier alpha value is -2.96. The highest BCUT2D eigenvalue weighted by Crippen LogP contribution is 2.35. The number of nitrogens with two attached hydrogens (primary N) is 2. The van der Waals surface area contributed by atoms with E-state index in [-0.39, 0.29) is 21.4 Å². The third-order valence-corrected chi connectivity index (χ3v) is 5.82. The van der Waals surface area contributed by atoms with E-state index in [0.29, 0.717) is 16.8 Å². The highest BCUT2D eigenvalue weighted by molar-refractivity contribution is 7.89. The van der Waals surface area contributed by atoms with Gasteiger partial charge in [-0.15, -0.1) is 0 Å². The largest absolute Gasteiger partial charge is 0.435 e. The Morgan fingerprint density at radius 3 is 2.23 bits per heavy atom. The van der Waals surface area contributed by atoms with Crippen LogP contribution in [0, 0.1) is 6.92 Å². The van der Waals surface area contributed by atoms with E-state index in [4.69, 9.17) is 23.1 Å². The first-order valence-electron chi connectivity index (χ1n) is 8.73. The van der Waals surface area contributed by atoms with Crippen LogP contribution in [0.5, 0.6) is 0 Å². The molecule has 7 nitrogen and oxygen atoms in total. The van der Waals surface area contributed by atoms with Crippen molar-refractivity contribution in [2.45, 2.75) is 18.0 Å². The zero-order valence-electron chi connectivity index (χ0n) is 16.4. The van der Waals surface area contributed by atoms with Gasteiger partial charge >= 0.3 is 6.18 Å². The van der Waals surface area contributed by atoms with E-state index in [2.05, 4.69) is 5.10 Å². The molecule has 12 heteroatoms. The minimum absolute atomic E-state index is 0.145. The van der Waals surface area contributed by atoms with E-state index in [1.165, 1.54) is 24.3 Å². The normalized spacial score (nSPS) is 12.1. The molecule has 0 bridgehead atoms. The average Bonchev–Trinajstić information content (AvgIpc) is 3.12. The first-order valence-corrected chi connectivity index (χ1v) is 10.7. The summed E-state index contributed by atoms with van der Waals surface area (Å²) in [6.07, 6.45) is -4.67. The van der Waals surface area contributed by atoms with Gasteiger partial charge in [-0.2, -0.15) is 18.3 Å². The highest BCUT2D eigenvalue weighted by Gasteiger charge is 2.35. The number of alkyl halides is 3. The fourth-order valence-corrected chi connectivity index (χ4v) is 3.58. The van der Waals surface area contributed by atoms with Crippen molar-refractivity contribution in [3.63, 3.8) is 0 Å². The van der Waals surface area contributed by atoms with Gasteiger partial charge in [-0.3, -0.25) is 0 Å². The summed E-state index contributed by atoms with van der Waals surface area (Å²) in [5, 5.41) is 8.94. The number of aromatic nitrogens is 2. The fraction of sp³-hybridized carbons (Fsp3) is 0.158. The molecule has 0 fully saturated rings. The van der Waals surface area contributed by atoms with Crippen LogP contribution in [0.15, 0.2) is 53.4 Å². The Morgan fingerprint density at radius 1 is 1.13 bits per heavy atom. The smallest absolute Gasteiger partial charge is 0.376 e. The molecule has 0 amide bonds. The molecular weight excluding hydrogens is 451 g/mol. The van der Waals surface area contributed by atoms with Crippen molar-refractivity contribution < 1.29 is 21.6 Å². The molecule has 0 saturated heterocycles. The lowest BCUT2D eigenvalue weighted by Gasteiger charge is -2.19. The molecule has 3 aromatic rings. The van der Waals surface area contributed by atoms with Crippen LogP contribution in [0.4, 0.5) is 18.9 Å². The van der Waals surface area contributed by atoms with Crippen LogP contribution >= 0.6 is 12.2 Å². The van der Waals surface area contributed by atoms with Crippen LogP contribution in [0.25, 0.3) is 16.9 Å².